The predicted molar refractivity (Wildman–Crippen MR) is 91.0 cm³/mol. The van der Waals surface area contributed by atoms with Crippen LogP contribution in [0, 0.1) is 0 Å². The van der Waals surface area contributed by atoms with Crippen molar-refractivity contribution in [2.45, 2.75) is 13.0 Å². The third kappa shape index (κ3) is 5.90. The van der Waals surface area contributed by atoms with E-state index in [-0.39, 0.29) is 24.8 Å². The third-order valence-electron chi connectivity index (χ3n) is 2.90. The van der Waals surface area contributed by atoms with Gasteiger partial charge in [-0.3, -0.25) is 14.1 Å². The molecule has 2 atom stereocenters. The van der Waals surface area contributed by atoms with Crippen LogP contribution in [-0.2, 0) is 22.1 Å². The molecule has 0 amide bonds. The summed E-state index contributed by atoms with van der Waals surface area (Å²) in [6.07, 6.45) is 6.10. The van der Waals surface area contributed by atoms with Gasteiger partial charge in [0.1, 0.15) is 0 Å². The molecule has 4 nitrogen and oxygen atoms in total. The van der Waals surface area contributed by atoms with E-state index in [9.17, 15) is 9.13 Å². The quantitative estimate of drug-likeness (QED) is 0.529. The molecule has 2 rings (SSSR count). The lowest BCUT2D eigenvalue weighted by molar-refractivity contribution is -0.687. The van der Waals surface area contributed by atoms with Crippen LogP contribution in [0.4, 0.5) is 0 Å². The van der Waals surface area contributed by atoms with E-state index >= 15 is 0 Å². The number of rotatable bonds is 5. The zero-order chi connectivity index (χ0) is 14.2. The minimum Gasteiger partial charge on any atom is -1.00 e. The molecule has 0 radical (unpaired) electrons. The number of nitrogens with zero attached hydrogens (tertiary/aromatic N) is 2. The Labute approximate surface area is 144 Å². The number of hydrogen-bond donors (Lipinski definition) is 0. The van der Waals surface area contributed by atoms with Crippen LogP contribution in [-0.4, -0.2) is 16.6 Å². The lowest BCUT2D eigenvalue weighted by Gasteiger charge is -2.04. The van der Waals surface area contributed by atoms with Crippen molar-refractivity contribution in [3.8, 4) is 11.1 Å². The van der Waals surface area contributed by atoms with Crippen molar-refractivity contribution in [2.75, 3.05) is 0 Å². The fourth-order valence-corrected chi connectivity index (χ4v) is 2.50. The average molecular weight is 377 g/mol. The second kappa shape index (κ2) is 11.4. The minimum atomic E-state index is -0.423. The Bertz CT molecular complexity index is 701. The molecule has 0 saturated heterocycles. The van der Waals surface area contributed by atoms with Crippen molar-refractivity contribution in [1.29, 1.82) is 0 Å². The second-order valence-corrected chi connectivity index (χ2v) is 5.43. The van der Waals surface area contributed by atoms with Crippen LogP contribution in [0.5, 0.6) is 0 Å². The van der Waals surface area contributed by atoms with Crippen molar-refractivity contribution in [2.24, 2.45) is 0 Å². The first-order valence-electron chi connectivity index (χ1n) is 6.16. The monoisotopic (exact) mass is 376 g/mol. The number of hydrogen-bond acceptors (Lipinski definition) is 3. The van der Waals surface area contributed by atoms with Gasteiger partial charge >= 0.3 is 0 Å². The number of pyridine rings is 2. The van der Waals surface area contributed by atoms with Gasteiger partial charge in [-0.1, -0.05) is 0 Å². The Morgan fingerprint density at radius 1 is 1.05 bits per heavy atom. The van der Waals surface area contributed by atoms with Gasteiger partial charge in [0.25, 0.3) is 0 Å². The molecule has 0 fully saturated rings. The van der Waals surface area contributed by atoms with Gasteiger partial charge in [0.2, 0.25) is 0 Å². The summed E-state index contributed by atoms with van der Waals surface area (Å²) in [5.41, 5.74) is 3.22. The highest BCUT2D eigenvalue weighted by atomic mass is 35.5. The van der Waals surface area contributed by atoms with Crippen LogP contribution in [0.25, 0.3) is 11.1 Å². The fraction of sp³-hybridized carbons (Fsp3) is 0.143. The Balaban J connectivity index is 0.00000220. The topological polar surface area (TPSA) is 50.9 Å². The van der Waals surface area contributed by atoms with E-state index in [1.54, 1.807) is 24.0 Å². The van der Waals surface area contributed by atoms with Crippen LogP contribution < -0.4 is 17.0 Å². The maximum Gasteiger partial charge on any atom is 0.186 e. The van der Waals surface area contributed by atoms with Crippen LogP contribution in [0.15, 0.2) is 42.9 Å². The number of aromatic nitrogens is 2. The molecule has 0 aliphatic carbocycles. The summed E-state index contributed by atoms with van der Waals surface area (Å²) >= 11 is 0. The SMILES string of the molecule is Cl.O=[PH]=CCc1cc(-c2ccncc2)cc[n+]1CC=[PH]=O.[Cl-]. The molecular weight excluding hydrogens is 361 g/mol. The first-order chi connectivity index (χ1) is 9.85. The van der Waals surface area contributed by atoms with E-state index < -0.39 is 16.2 Å². The van der Waals surface area contributed by atoms with Gasteiger partial charge in [-0.05, 0) is 29.1 Å². The largest absolute Gasteiger partial charge is 1.00 e. The van der Waals surface area contributed by atoms with E-state index in [1.165, 1.54) is 0 Å². The Hall–Kier alpha value is -1.18. The highest BCUT2D eigenvalue weighted by Gasteiger charge is 2.10. The number of halogens is 2. The smallest absolute Gasteiger partial charge is 0.186 e. The van der Waals surface area contributed by atoms with Gasteiger partial charge in [0.05, 0.1) is 22.6 Å². The highest BCUT2D eigenvalue weighted by molar-refractivity contribution is 7.25. The van der Waals surface area contributed by atoms with Gasteiger partial charge in [0, 0.05) is 30.3 Å². The van der Waals surface area contributed by atoms with Crippen LogP contribution in [0.2, 0.25) is 0 Å². The van der Waals surface area contributed by atoms with Crippen LogP contribution in [0.1, 0.15) is 5.69 Å². The molecule has 2 aromatic heterocycles. The van der Waals surface area contributed by atoms with Gasteiger partial charge in [-0.15, -0.1) is 12.4 Å². The van der Waals surface area contributed by atoms with Gasteiger partial charge in [0.15, 0.2) is 18.4 Å². The fourth-order valence-electron chi connectivity index (χ4n) is 1.94. The molecule has 22 heavy (non-hydrogen) atoms. The summed E-state index contributed by atoms with van der Waals surface area (Å²) in [6, 6.07) is 7.98. The van der Waals surface area contributed by atoms with Crippen molar-refractivity contribution in [3.63, 3.8) is 0 Å². The zero-order valence-corrected chi connectivity index (χ0v) is 15.2. The molecule has 2 unspecified atom stereocenters. The van der Waals surface area contributed by atoms with Crippen molar-refractivity contribution in [3.05, 3.63) is 48.5 Å². The first kappa shape index (κ1) is 20.8. The molecule has 0 aliphatic rings. The van der Waals surface area contributed by atoms with E-state index in [4.69, 9.17) is 0 Å². The van der Waals surface area contributed by atoms with Crippen LogP contribution >= 0.6 is 28.6 Å². The highest BCUT2D eigenvalue weighted by Crippen LogP contribution is 2.17. The summed E-state index contributed by atoms with van der Waals surface area (Å²) in [4.78, 5) is 4.01. The third-order valence-corrected chi connectivity index (χ3v) is 3.62. The van der Waals surface area contributed by atoms with Crippen molar-refractivity contribution in [1.82, 2.24) is 4.98 Å². The Kier molecular flexibility index (Phi) is 10.8. The summed E-state index contributed by atoms with van der Waals surface area (Å²) in [7, 11) is -0.845. The molecule has 0 aromatic carbocycles. The summed E-state index contributed by atoms with van der Waals surface area (Å²) in [5.74, 6) is 3.43. The molecule has 8 heteroatoms. The lowest BCUT2D eigenvalue weighted by Crippen LogP contribution is -3.00. The Morgan fingerprint density at radius 3 is 2.36 bits per heavy atom. The van der Waals surface area contributed by atoms with E-state index in [1.807, 2.05) is 29.0 Å². The van der Waals surface area contributed by atoms with Gasteiger partial charge in [-0.25, -0.2) is 0 Å². The normalized spacial score (nSPS) is 9.64. The standard InChI is InChI=1S/C14H15N2O2P2.2ClH/c17-19-9-4-14-11-13(12-1-5-15-6-2-12)3-7-16(14)8-10-20-18;;/h1-3,5-7,9-11,19-20H,4,8H2;2*1H/q+1;;/p-1. The van der Waals surface area contributed by atoms with E-state index in [0.717, 1.165) is 16.8 Å². The molecule has 0 saturated carbocycles. The van der Waals surface area contributed by atoms with Crippen molar-refractivity contribution >= 4 is 40.2 Å². The van der Waals surface area contributed by atoms with Crippen LogP contribution in [0.3, 0.4) is 0 Å². The first-order valence-corrected chi connectivity index (χ1v) is 8.13. The molecule has 2 heterocycles. The molecule has 0 N–H and O–H groups in total. The molecule has 0 spiro atoms. The molecule has 2 aromatic rings. The molecule has 0 aliphatic heterocycles. The van der Waals surface area contributed by atoms with Gasteiger partial charge < -0.3 is 12.4 Å². The minimum absolute atomic E-state index is 0. The van der Waals surface area contributed by atoms with Crippen molar-refractivity contribution < 1.29 is 26.1 Å². The summed E-state index contributed by atoms with van der Waals surface area (Å²) in [6.45, 7) is 0.587. The summed E-state index contributed by atoms with van der Waals surface area (Å²) < 4.78 is 23.3. The summed E-state index contributed by atoms with van der Waals surface area (Å²) in [5, 5.41) is 0. The average Bonchev–Trinajstić information content (AvgIpc) is 2.52. The zero-order valence-electron chi connectivity index (χ0n) is 11.6. The molecule has 118 valence electrons. The predicted octanol–water partition coefficient (Wildman–Crippen LogP) is -0.343. The van der Waals surface area contributed by atoms with E-state index in [0.29, 0.717) is 13.0 Å². The maximum atomic E-state index is 10.7. The lowest BCUT2D eigenvalue weighted by atomic mass is 10.1. The Morgan fingerprint density at radius 2 is 1.73 bits per heavy atom. The van der Waals surface area contributed by atoms with Gasteiger partial charge in [-0.2, -0.15) is 4.57 Å². The molecule has 0 bridgehead atoms. The second-order valence-electron chi connectivity index (χ2n) is 4.14. The molecular formula is C14H16Cl2N2O2P2. The maximum absolute atomic E-state index is 10.7. The van der Waals surface area contributed by atoms with E-state index in [2.05, 4.69) is 11.1 Å².